The van der Waals surface area contributed by atoms with E-state index in [-0.39, 0.29) is 5.54 Å². The van der Waals surface area contributed by atoms with E-state index in [1.54, 1.807) is 0 Å². The molecule has 3 atom stereocenters. The van der Waals surface area contributed by atoms with Gasteiger partial charge in [-0.15, -0.1) is 0 Å². The van der Waals surface area contributed by atoms with Crippen molar-refractivity contribution < 1.29 is 5.21 Å². The number of nitrogens with one attached hydrogen (secondary N) is 1. The van der Waals surface area contributed by atoms with Crippen LogP contribution in [0.4, 0.5) is 0 Å². The fraction of sp³-hybridized carbons (Fsp3) is 0.909. The lowest BCUT2D eigenvalue weighted by molar-refractivity contribution is 0.298. The van der Waals surface area contributed by atoms with E-state index >= 15 is 0 Å². The highest BCUT2D eigenvalue weighted by molar-refractivity contribution is 5.94. The van der Waals surface area contributed by atoms with Crippen molar-refractivity contribution in [2.75, 3.05) is 7.05 Å². The number of rotatable bonds is 1. The van der Waals surface area contributed by atoms with E-state index in [0.29, 0.717) is 5.41 Å². The van der Waals surface area contributed by atoms with Crippen LogP contribution >= 0.6 is 0 Å². The average Bonchev–Trinajstić information content (AvgIpc) is 2.66. The van der Waals surface area contributed by atoms with Gasteiger partial charge >= 0.3 is 0 Å². The number of oxime groups is 1. The molecule has 80 valence electrons. The van der Waals surface area contributed by atoms with Gasteiger partial charge in [0.2, 0.25) is 0 Å². The van der Waals surface area contributed by atoms with Crippen molar-refractivity contribution in [3.8, 4) is 0 Å². The fourth-order valence-corrected chi connectivity index (χ4v) is 3.06. The standard InChI is InChI=1S/C11H20N2O/c1-10(2)7-5-9(13-14)11(3,12-4)6-8(7)10/h7-8,12,14H,5-6H2,1-4H3/b13-9+/t7-,8+,11+/m1/s1. The second-order valence-electron chi connectivity index (χ2n) is 5.57. The topological polar surface area (TPSA) is 44.6 Å². The molecule has 0 saturated heterocycles. The maximum atomic E-state index is 9.01. The molecule has 2 aliphatic rings. The lowest BCUT2D eigenvalue weighted by Gasteiger charge is -2.33. The Balaban J connectivity index is 2.23. The van der Waals surface area contributed by atoms with Gasteiger partial charge in [0.1, 0.15) is 0 Å². The molecule has 0 aliphatic heterocycles. The van der Waals surface area contributed by atoms with Crippen LogP contribution in [0.5, 0.6) is 0 Å². The van der Waals surface area contributed by atoms with Gasteiger partial charge in [0.05, 0.1) is 11.3 Å². The van der Waals surface area contributed by atoms with Crippen LogP contribution in [0.3, 0.4) is 0 Å². The Labute approximate surface area is 85.6 Å². The molecule has 2 saturated carbocycles. The first-order valence-corrected chi connectivity index (χ1v) is 5.36. The van der Waals surface area contributed by atoms with E-state index < -0.39 is 0 Å². The van der Waals surface area contributed by atoms with Gasteiger partial charge in [-0.1, -0.05) is 19.0 Å². The number of hydrogen-bond acceptors (Lipinski definition) is 3. The maximum Gasteiger partial charge on any atom is 0.0771 e. The van der Waals surface area contributed by atoms with Crippen LogP contribution in [0, 0.1) is 17.3 Å². The summed E-state index contributed by atoms with van der Waals surface area (Å²) in [6, 6.07) is 0. The normalized spacial score (nSPS) is 47.6. The van der Waals surface area contributed by atoms with Crippen LogP contribution in [0.2, 0.25) is 0 Å². The maximum absolute atomic E-state index is 9.01. The summed E-state index contributed by atoms with van der Waals surface area (Å²) in [5.74, 6) is 1.53. The summed E-state index contributed by atoms with van der Waals surface area (Å²) in [5.41, 5.74) is 1.28. The second-order valence-corrected chi connectivity index (χ2v) is 5.57. The summed E-state index contributed by atoms with van der Waals surface area (Å²) >= 11 is 0. The summed E-state index contributed by atoms with van der Waals surface area (Å²) in [5, 5.41) is 15.8. The van der Waals surface area contributed by atoms with Gasteiger partial charge < -0.3 is 10.5 Å². The molecule has 2 rings (SSSR count). The molecular weight excluding hydrogens is 176 g/mol. The van der Waals surface area contributed by atoms with Crippen molar-refractivity contribution in [1.82, 2.24) is 5.32 Å². The molecule has 0 aromatic rings. The first-order valence-electron chi connectivity index (χ1n) is 5.36. The van der Waals surface area contributed by atoms with Gasteiger partial charge in [-0.05, 0) is 44.1 Å². The van der Waals surface area contributed by atoms with Crippen LogP contribution in [-0.4, -0.2) is 23.5 Å². The van der Waals surface area contributed by atoms with Crippen LogP contribution in [-0.2, 0) is 0 Å². The number of nitrogens with zero attached hydrogens (tertiary/aromatic N) is 1. The Morgan fingerprint density at radius 2 is 2.00 bits per heavy atom. The highest BCUT2D eigenvalue weighted by Gasteiger charge is 2.63. The second kappa shape index (κ2) is 2.72. The van der Waals surface area contributed by atoms with Crippen LogP contribution in [0.15, 0.2) is 5.16 Å². The molecule has 2 fully saturated rings. The highest BCUT2D eigenvalue weighted by Crippen LogP contribution is 2.65. The average molecular weight is 196 g/mol. The molecule has 3 heteroatoms. The largest absolute Gasteiger partial charge is 0.411 e. The predicted molar refractivity (Wildman–Crippen MR) is 56.7 cm³/mol. The minimum Gasteiger partial charge on any atom is -0.411 e. The Hall–Kier alpha value is -0.570. The molecule has 0 aromatic carbocycles. The van der Waals surface area contributed by atoms with E-state index in [4.69, 9.17) is 5.21 Å². The molecule has 0 radical (unpaired) electrons. The van der Waals surface area contributed by atoms with Crippen molar-refractivity contribution in [2.24, 2.45) is 22.4 Å². The summed E-state index contributed by atoms with van der Waals surface area (Å²) in [6.45, 7) is 6.77. The SMILES string of the molecule is CN[C@@]1(C)C[C@H]2[C@@H](C/C1=N\O)C2(C)C. The van der Waals surface area contributed by atoms with Crippen molar-refractivity contribution in [3.63, 3.8) is 0 Å². The van der Waals surface area contributed by atoms with Crippen LogP contribution in [0.1, 0.15) is 33.6 Å². The van der Waals surface area contributed by atoms with Gasteiger partial charge in [-0.2, -0.15) is 0 Å². The van der Waals surface area contributed by atoms with E-state index in [0.717, 1.165) is 30.4 Å². The molecule has 0 bridgehead atoms. The molecule has 0 aromatic heterocycles. The number of fused-ring (bicyclic) bond motifs is 1. The van der Waals surface area contributed by atoms with Gasteiger partial charge in [0.15, 0.2) is 0 Å². The molecule has 2 N–H and O–H groups in total. The predicted octanol–water partition coefficient (Wildman–Crippen LogP) is 1.86. The minimum absolute atomic E-state index is 0.0936. The van der Waals surface area contributed by atoms with Crippen molar-refractivity contribution in [3.05, 3.63) is 0 Å². The van der Waals surface area contributed by atoms with E-state index in [1.165, 1.54) is 0 Å². The monoisotopic (exact) mass is 196 g/mol. The van der Waals surface area contributed by atoms with Crippen LogP contribution < -0.4 is 5.32 Å². The van der Waals surface area contributed by atoms with Crippen LogP contribution in [0.25, 0.3) is 0 Å². The summed E-state index contributed by atoms with van der Waals surface area (Å²) in [4.78, 5) is 0. The quantitative estimate of drug-likeness (QED) is 0.496. The van der Waals surface area contributed by atoms with Gasteiger partial charge in [0.25, 0.3) is 0 Å². The van der Waals surface area contributed by atoms with Gasteiger partial charge in [-0.25, -0.2) is 0 Å². The first kappa shape index (κ1) is 9.97. The highest BCUT2D eigenvalue weighted by atomic mass is 16.4. The summed E-state index contributed by atoms with van der Waals surface area (Å²) < 4.78 is 0. The lowest BCUT2D eigenvalue weighted by Crippen LogP contribution is -2.50. The van der Waals surface area contributed by atoms with E-state index in [2.05, 4.69) is 31.2 Å². The summed E-state index contributed by atoms with van der Waals surface area (Å²) in [6.07, 6.45) is 2.05. The minimum atomic E-state index is -0.0936. The molecule has 0 unspecified atom stereocenters. The zero-order chi connectivity index (χ0) is 10.6. The molecule has 0 heterocycles. The molecule has 14 heavy (non-hydrogen) atoms. The third-order valence-corrected chi connectivity index (χ3v) is 4.64. The molecule has 0 amide bonds. The fourth-order valence-electron chi connectivity index (χ4n) is 3.06. The van der Waals surface area contributed by atoms with Crippen molar-refractivity contribution >= 4 is 5.71 Å². The molecule has 0 spiro atoms. The van der Waals surface area contributed by atoms with Crippen molar-refractivity contribution in [1.29, 1.82) is 0 Å². The third-order valence-electron chi connectivity index (χ3n) is 4.64. The Morgan fingerprint density at radius 3 is 2.50 bits per heavy atom. The molecule has 3 nitrogen and oxygen atoms in total. The van der Waals surface area contributed by atoms with Gasteiger partial charge in [0, 0.05) is 0 Å². The van der Waals surface area contributed by atoms with Gasteiger partial charge in [-0.3, -0.25) is 0 Å². The lowest BCUT2D eigenvalue weighted by atomic mass is 9.81. The summed E-state index contributed by atoms with van der Waals surface area (Å²) in [7, 11) is 1.95. The van der Waals surface area contributed by atoms with Crippen molar-refractivity contribution in [2.45, 2.75) is 39.2 Å². The Morgan fingerprint density at radius 1 is 1.36 bits per heavy atom. The number of hydrogen-bond donors (Lipinski definition) is 2. The molecular formula is C11H20N2O. The zero-order valence-corrected chi connectivity index (χ0v) is 9.46. The van der Waals surface area contributed by atoms with E-state index in [9.17, 15) is 0 Å². The third kappa shape index (κ3) is 1.11. The zero-order valence-electron chi connectivity index (χ0n) is 9.46. The Bertz CT molecular complexity index is 285. The smallest absolute Gasteiger partial charge is 0.0771 e. The molecule has 2 aliphatic carbocycles. The Kier molecular flexibility index (Phi) is 1.94. The first-order chi connectivity index (χ1) is 6.45. The van der Waals surface area contributed by atoms with E-state index in [1.807, 2.05) is 7.05 Å².